The first kappa shape index (κ1) is 15.0. The van der Waals surface area contributed by atoms with Crippen LogP contribution in [0.15, 0.2) is 53.7 Å². The molecule has 0 fully saturated rings. The average molecular weight is 303 g/mol. The summed E-state index contributed by atoms with van der Waals surface area (Å²) in [6, 6.07) is 11.3. The molecular formula is C14H13N3O3S. The molecular weight excluding hydrogens is 290 g/mol. The van der Waals surface area contributed by atoms with E-state index in [1.54, 1.807) is 12.3 Å². The Balaban J connectivity index is 1.82. The lowest BCUT2D eigenvalue weighted by atomic mass is 10.2. The maximum Gasteiger partial charge on any atom is 0.270 e. The van der Waals surface area contributed by atoms with Crippen molar-refractivity contribution in [3.05, 3.63) is 64.3 Å². The van der Waals surface area contributed by atoms with Gasteiger partial charge in [0.05, 0.1) is 9.95 Å². The zero-order valence-corrected chi connectivity index (χ0v) is 11.9. The number of thioether (sulfide) groups is 1. The number of carbonyl (C=O) groups excluding carboxylic acids is 1. The lowest BCUT2D eigenvalue weighted by molar-refractivity contribution is -0.384. The normalized spacial score (nSPS) is 10.1. The number of nitro benzene ring substituents is 1. The number of benzene rings is 1. The summed E-state index contributed by atoms with van der Waals surface area (Å²) >= 11 is 1.53. The van der Waals surface area contributed by atoms with Crippen molar-refractivity contribution in [2.24, 2.45) is 0 Å². The van der Waals surface area contributed by atoms with Crippen LogP contribution in [0.2, 0.25) is 0 Å². The molecule has 1 heterocycles. The summed E-state index contributed by atoms with van der Waals surface area (Å²) in [4.78, 5) is 26.2. The molecule has 2 rings (SSSR count). The molecule has 2 aromatic rings. The van der Waals surface area contributed by atoms with Gasteiger partial charge in [0.15, 0.2) is 0 Å². The molecule has 108 valence electrons. The number of non-ortho nitro benzene ring substituents is 1. The quantitative estimate of drug-likeness (QED) is 0.383. The molecule has 7 heteroatoms. The number of pyridine rings is 1. The SMILES string of the molecule is O=C(NCCSc1ccccn1)c1cccc([N+](=O)[O-])c1. The van der Waals surface area contributed by atoms with E-state index in [2.05, 4.69) is 10.3 Å². The molecule has 0 aliphatic carbocycles. The van der Waals surface area contributed by atoms with E-state index in [4.69, 9.17) is 0 Å². The van der Waals surface area contributed by atoms with Crippen LogP contribution in [0.5, 0.6) is 0 Å². The number of nitrogens with one attached hydrogen (secondary N) is 1. The highest BCUT2D eigenvalue weighted by atomic mass is 32.2. The van der Waals surface area contributed by atoms with E-state index in [0.29, 0.717) is 12.3 Å². The monoisotopic (exact) mass is 303 g/mol. The molecule has 1 aromatic carbocycles. The summed E-state index contributed by atoms with van der Waals surface area (Å²) in [7, 11) is 0. The van der Waals surface area contributed by atoms with Crippen molar-refractivity contribution >= 4 is 23.4 Å². The summed E-state index contributed by atoms with van der Waals surface area (Å²) in [5.41, 5.74) is 0.192. The van der Waals surface area contributed by atoms with Gasteiger partial charge in [0.2, 0.25) is 0 Å². The van der Waals surface area contributed by atoms with Crippen molar-refractivity contribution in [1.29, 1.82) is 0 Å². The van der Waals surface area contributed by atoms with Gasteiger partial charge in [0.1, 0.15) is 0 Å². The van der Waals surface area contributed by atoms with Crippen LogP contribution in [0.25, 0.3) is 0 Å². The number of hydrogen-bond donors (Lipinski definition) is 1. The zero-order valence-electron chi connectivity index (χ0n) is 11.1. The Morgan fingerprint density at radius 3 is 2.86 bits per heavy atom. The topological polar surface area (TPSA) is 85.1 Å². The van der Waals surface area contributed by atoms with Gasteiger partial charge in [-0.15, -0.1) is 11.8 Å². The van der Waals surface area contributed by atoms with Gasteiger partial charge < -0.3 is 5.32 Å². The van der Waals surface area contributed by atoms with Crippen molar-refractivity contribution in [3.8, 4) is 0 Å². The molecule has 0 saturated heterocycles. The van der Waals surface area contributed by atoms with E-state index in [9.17, 15) is 14.9 Å². The molecule has 0 bridgehead atoms. The molecule has 0 spiro atoms. The molecule has 0 atom stereocenters. The highest BCUT2D eigenvalue weighted by Crippen LogP contribution is 2.14. The molecule has 0 aliphatic heterocycles. The van der Waals surface area contributed by atoms with Crippen LogP contribution in [0.3, 0.4) is 0 Å². The highest BCUT2D eigenvalue weighted by Gasteiger charge is 2.10. The third kappa shape index (κ3) is 4.57. The van der Waals surface area contributed by atoms with Gasteiger partial charge in [-0.3, -0.25) is 14.9 Å². The second-order valence-corrected chi connectivity index (χ2v) is 5.19. The molecule has 6 nitrogen and oxygen atoms in total. The number of rotatable bonds is 6. The first-order valence-electron chi connectivity index (χ1n) is 6.23. The first-order chi connectivity index (χ1) is 10.2. The van der Waals surface area contributed by atoms with E-state index < -0.39 is 4.92 Å². The lowest BCUT2D eigenvalue weighted by Gasteiger charge is -2.05. The van der Waals surface area contributed by atoms with Gasteiger partial charge in [-0.05, 0) is 18.2 Å². The molecule has 0 saturated carbocycles. The Bertz CT molecular complexity index is 634. The summed E-state index contributed by atoms with van der Waals surface area (Å²) in [5, 5.41) is 14.3. The van der Waals surface area contributed by atoms with Crippen molar-refractivity contribution in [1.82, 2.24) is 10.3 Å². The fraction of sp³-hybridized carbons (Fsp3) is 0.143. The zero-order chi connectivity index (χ0) is 15.1. The van der Waals surface area contributed by atoms with Gasteiger partial charge in [-0.1, -0.05) is 12.1 Å². The van der Waals surface area contributed by atoms with Crippen LogP contribution in [0, 0.1) is 10.1 Å². The Hall–Kier alpha value is -2.41. The molecule has 1 amide bonds. The number of amides is 1. The van der Waals surface area contributed by atoms with Crippen molar-refractivity contribution in [3.63, 3.8) is 0 Å². The van der Waals surface area contributed by atoms with Crippen LogP contribution < -0.4 is 5.32 Å². The standard InChI is InChI=1S/C14H13N3O3S/c18-14(11-4-3-5-12(10-11)17(19)20)16-8-9-21-13-6-1-2-7-15-13/h1-7,10H,8-9H2,(H,16,18). The van der Waals surface area contributed by atoms with Gasteiger partial charge >= 0.3 is 0 Å². The fourth-order valence-electron chi connectivity index (χ4n) is 1.62. The maximum atomic E-state index is 11.9. The molecule has 0 radical (unpaired) electrons. The van der Waals surface area contributed by atoms with Crippen molar-refractivity contribution in [2.45, 2.75) is 5.03 Å². The van der Waals surface area contributed by atoms with Crippen LogP contribution in [0.1, 0.15) is 10.4 Å². The number of nitro groups is 1. The molecule has 0 aliphatic rings. The van der Waals surface area contributed by atoms with Crippen molar-refractivity contribution in [2.75, 3.05) is 12.3 Å². The van der Waals surface area contributed by atoms with Gasteiger partial charge in [-0.25, -0.2) is 4.98 Å². The number of aromatic nitrogens is 1. The predicted molar refractivity (Wildman–Crippen MR) is 80.4 cm³/mol. The van der Waals surface area contributed by atoms with E-state index >= 15 is 0 Å². The summed E-state index contributed by atoms with van der Waals surface area (Å²) in [6.07, 6.45) is 1.71. The van der Waals surface area contributed by atoms with Gasteiger partial charge in [0, 0.05) is 36.2 Å². The van der Waals surface area contributed by atoms with Crippen LogP contribution >= 0.6 is 11.8 Å². The largest absolute Gasteiger partial charge is 0.351 e. The molecule has 1 N–H and O–H groups in total. The maximum absolute atomic E-state index is 11.9. The van der Waals surface area contributed by atoms with E-state index in [-0.39, 0.29) is 17.2 Å². The average Bonchev–Trinajstić information content (AvgIpc) is 2.52. The van der Waals surface area contributed by atoms with Gasteiger partial charge in [-0.2, -0.15) is 0 Å². The first-order valence-corrected chi connectivity index (χ1v) is 7.22. The van der Waals surface area contributed by atoms with Crippen molar-refractivity contribution < 1.29 is 9.72 Å². The smallest absolute Gasteiger partial charge is 0.270 e. The second-order valence-electron chi connectivity index (χ2n) is 4.08. The van der Waals surface area contributed by atoms with E-state index in [1.165, 1.54) is 30.0 Å². The van der Waals surface area contributed by atoms with E-state index in [0.717, 1.165) is 5.03 Å². The minimum absolute atomic E-state index is 0.0921. The summed E-state index contributed by atoms with van der Waals surface area (Å²) < 4.78 is 0. The Kier molecular flexibility index (Phi) is 5.28. The van der Waals surface area contributed by atoms with Crippen LogP contribution in [-0.2, 0) is 0 Å². The fourth-order valence-corrected chi connectivity index (χ4v) is 2.34. The Morgan fingerprint density at radius 2 is 2.14 bits per heavy atom. The Labute approximate surface area is 125 Å². The van der Waals surface area contributed by atoms with E-state index in [1.807, 2.05) is 18.2 Å². The molecule has 0 unspecified atom stereocenters. The predicted octanol–water partition coefficient (Wildman–Crippen LogP) is 2.51. The number of nitrogens with zero attached hydrogens (tertiary/aromatic N) is 2. The lowest BCUT2D eigenvalue weighted by Crippen LogP contribution is -2.25. The number of carbonyl (C=O) groups is 1. The van der Waals surface area contributed by atoms with Crippen LogP contribution in [-0.4, -0.2) is 28.1 Å². The minimum atomic E-state index is -0.520. The molecule has 21 heavy (non-hydrogen) atoms. The third-order valence-corrected chi connectivity index (χ3v) is 3.54. The minimum Gasteiger partial charge on any atom is -0.351 e. The Morgan fingerprint density at radius 1 is 1.29 bits per heavy atom. The molecule has 1 aromatic heterocycles. The third-order valence-electron chi connectivity index (χ3n) is 2.59. The van der Waals surface area contributed by atoms with Gasteiger partial charge in [0.25, 0.3) is 11.6 Å². The highest BCUT2D eigenvalue weighted by molar-refractivity contribution is 7.99. The number of hydrogen-bond acceptors (Lipinski definition) is 5. The summed E-state index contributed by atoms with van der Waals surface area (Å²) in [5.74, 6) is 0.359. The second kappa shape index (κ2) is 7.39. The summed E-state index contributed by atoms with van der Waals surface area (Å²) in [6.45, 7) is 0.461. The van der Waals surface area contributed by atoms with Crippen LogP contribution in [0.4, 0.5) is 5.69 Å².